The minimum absolute atomic E-state index is 0.317. The molecule has 2 heteroatoms. The van der Waals surface area contributed by atoms with Gasteiger partial charge in [0.1, 0.15) is 0 Å². The molecule has 0 saturated heterocycles. The van der Waals surface area contributed by atoms with Gasteiger partial charge in [-0.25, -0.2) is 0 Å². The Morgan fingerprint density at radius 2 is 2.13 bits per heavy atom. The largest absolute Gasteiger partial charge is 0.293 e. The zero-order valence-corrected chi connectivity index (χ0v) is 10.9. The zero-order chi connectivity index (χ0) is 11.4. The van der Waals surface area contributed by atoms with E-state index in [0.717, 1.165) is 17.7 Å². The molecule has 1 atom stereocenters. The quantitative estimate of drug-likeness (QED) is 0.679. The molecule has 0 N–H and O–H groups in total. The maximum absolute atomic E-state index is 11.9. The van der Waals surface area contributed by atoms with Crippen molar-refractivity contribution in [2.24, 2.45) is 5.92 Å². The highest BCUT2D eigenvalue weighted by Crippen LogP contribution is 2.23. The Hall–Kier alpha value is -0.630. The van der Waals surface area contributed by atoms with Crippen LogP contribution in [0.1, 0.15) is 53.2 Å². The molecule has 1 unspecified atom stereocenters. The van der Waals surface area contributed by atoms with Crippen LogP contribution in [0.15, 0.2) is 6.07 Å². The number of Topliss-reactive ketones (excluding diaryl/α,β-unsaturated/α-hetero) is 1. The van der Waals surface area contributed by atoms with Crippen LogP contribution in [-0.2, 0) is 0 Å². The first-order valence-corrected chi connectivity index (χ1v) is 6.46. The lowest BCUT2D eigenvalue weighted by atomic mass is 9.99. The van der Waals surface area contributed by atoms with Gasteiger partial charge in [-0.2, -0.15) is 0 Å². The Morgan fingerprint density at radius 3 is 2.60 bits per heavy atom. The van der Waals surface area contributed by atoms with Crippen molar-refractivity contribution >= 4 is 17.1 Å². The van der Waals surface area contributed by atoms with Gasteiger partial charge in [-0.3, -0.25) is 4.79 Å². The van der Waals surface area contributed by atoms with Crippen molar-refractivity contribution in [2.75, 3.05) is 0 Å². The third kappa shape index (κ3) is 3.45. The average Bonchev–Trinajstić information content (AvgIpc) is 2.47. The minimum Gasteiger partial charge on any atom is -0.293 e. The van der Waals surface area contributed by atoms with E-state index >= 15 is 0 Å². The van der Waals surface area contributed by atoms with E-state index in [4.69, 9.17) is 0 Å². The molecule has 1 aromatic heterocycles. The predicted molar refractivity (Wildman–Crippen MR) is 66.8 cm³/mol. The average molecular weight is 224 g/mol. The molecule has 15 heavy (non-hydrogen) atoms. The Morgan fingerprint density at radius 1 is 1.47 bits per heavy atom. The lowest BCUT2D eigenvalue weighted by Crippen LogP contribution is -2.04. The molecule has 0 fully saturated rings. The Kier molecular flexibility index (Phi) is 4.52. The standard InChI is InChI=1S/C13H20OS/c1-5-6-9(2)7-12(14)13-8-10(3)11(4)15-13/h8-9H,5-7H2,1-4H3. The van der Waals surface area contributed by atoms with Crippen LogP contribution in [0.3, 0.4) is 0 Å². The van der Waals surface area contributed by atoms with Crippen molar-refractivity contribution in [3.8, 4) is 0 Å². The number of hydrogen-bond donors (Lipinski definition) is 0. The van der Waals surface area contributed by atoms with E-state index in [1.807, 2.05) is 6.07 Å². The lowest BCUT2D eigenvalue weighted by Gasteiger charge is -2.07. The number of hydrogen-bond acceptors (Lipinski definition) is 2. The van der Waals surface area contributed by atoms with Crippen molar-refractivity contribution in [3.63, 3.8) is 0 Å². The first kappa shape index (κ1) is 12.4. The van der Waals surface area contributed by atoms with Gasteiger partial charge in [-0.1, -0.05) is 26.7 Å². The Bertz CT molecular complexity index is 319. The van der Waals surface area contributed by atoms with E-state index in [1.54, 1.807) is 11.3 Å². The van der Waals surface area contributed by atoms with Gasteiger partial charge in [0, 0.05) is 11.3 Å². The maximum Gasteiger partial charge on any atom is 0.173 e. The van der Waals surface area contributed by atoms with Crippen molar-refractivity contribution in [1.29, 1.82) is 0 Å². The lowest BCUT2D eigenvalue weighted by molar-refractivity contribution is 0.0966. The summed E-state index contributed by atoms with van der Waals surface area (Å²) in [5.41, 5.74) is 1.24. The van der Waals surface area contributed by atoms with E-state index in [9.17, 15) is 4.79 Å². The monoisotopic (exact) mass is 224 g/mol. The Labute approximate surface area is 96.5 Å². The SMILES string of the molecule is CCCC(C)CC(=O)c1cc(C)c(C)s1. The van der Waals surface area contributed by atoms with Gasteiger partial charge < -0.3 is 0 Å². The summed E-state index contributed by atoms with van der Waals surface area (Å²) in [6.45, 7) is 8.47. The third-order valence-corrected chi connectivity index (χ3v) is 3.95. The normalized spacial score (nSPS) is 12.8. The molecule has 1 aromatic rings. The van der Waals surface area contributed by atoms with Gasteiger partial charge >= 0.3 is 0 Å². The number of thiophene rings is 1. The van der Waals surface area contributed by atoms with E-state index in [0.29, 0.717) is 18.1 Å². The molecule has 0 spiro atoms. The highest BCUT2D eigenvalue weighted by Gasteiger charge is 2.13. The molecule has 0 amide bonds. The van der Waals surface area contributed by atoms with Gasteiger partial charge in [0.15, 0.2) is 5.78 Å². The van der Waals surface area contributed by atoms with Gasteiger partial charge in [0.25, 0.3) is 0 Å². The summed E-state index contributed by atoms with van der Waals surface area (Å²) in [5.74, 6) is 0.836. The molecular weight excluding hydrogens is 204 g/mol. The van der Waals surface area contributed by atoms with Crippen molar-refractivity contribution in [2.45, 2.75) is 47.0 Å². The Balaban J connectivity index is 2.61. The third-order valence-electron chi connectivity index (χ3n) is 2.76. The van der Waals surface area contributed by atoms with Crippen LogP contribution < -0.4 is 0 Å². The second kappa shape index (κ2) is 5.45. The van der Waals surface area contributed by atoms with Crippen LogP contribution in [0.4, 0.5) is 0 Å². The van der Waals surface area contributed by atoms with Crippen LogP contribution in [0, 0.1) is 19.8 Å². The molecule has 0 aliphatic rings. The number of rotatable bonds is 5. The van der Waals surface area contributed by atoms with E-state index in [2.05, 4.69) is 27.7 Å². The molecule has 0 saturated carbocycles. The maximum atomic E-state index is 11.9. The molecule has 1 heterocycles. The van der Waals surface area contributed by atoms with Crippen molar-refractivity contribution < 1.29 is 4.79 Å². The molecule has 1 nitrogen and oxygen atoms in total. The zero-order valence-electron chi connectivity index (χ0n) is 10.1. The first-order valence-electron chi connectivity index (χ1n) is 5.64. The fourth-order valence-corrected chi connectivity index (χ4v) is 2.71. The number of aryl methyl sites for hydroxylation is 2. The van der Waals surface area contributed by atoms with E-state index < -0.39 is 0 Å². The molecule has 0 radical (unpaired) electrons. The van der Waals surface area contributed by atoms with Crippen LogP contribution in [0.2, 0.25) is 0 Å². The molecule has 0 bridgehead atoms. The van der Waals surface area contributed by atoms with Gasteiger partial charge in [0.05, 0.1) is 4.88 Å². The van der Waals surface area contributed by atoms with E-state index in [1.165, 1.54) is 10.4 Å². The molecule has 0 aliphatic carbocycles. The molecule has 0 aliphatic heterocycles. The van der Waals surface area contributed by atoms with Gasteiger partial charge in [-0.05, 0) is 31.4 Å². The summed E-state index contributed by atoms with van der Waals surface area (Å²) in [7, 11) is 0. The smallest absolute Gasteiger partial charge is 0.173 e. The predicted octanol–water partition coefficient (Wildman–Crippen LogP) is 4.37. The summed E-state index contributed by atoms with van der Waals surface area (Å²) in [6.07, 6.45) is 3.01. The number of ketones is 1. The number of carbonyl (C=O) groups is 1. The first-order chi connectivity index (χ1) is 7.04. The molecule has 84 valence electrons. The highest BCUT2D eigenvalue weighted by atomic mass is 32.1. The van der Waals surface area contributed by atoms with Gasteiger partial charge in [-0.15, -0.1) is 11.3 Å². The second-order valence-corrected chi connectivity index (χ2v) is 5.63. The van der Waals surface area contributed by atoms with Crippen LogP contribution in [0.5, 0.6) is 0 Å². The highest BCUT2D eigenvalue weighted by molar-refractivity contribution is 7.14. The van der Waals surface area contributed by atoms with Crippen molar-refractivity contribution in [1.82, 2.24) is 0 Å². The van der Waals surface area contributed by atoms with Crippen LogP contribution >= 0.6 is 11.3 Å². The summed E-state index contributed by atoms with van der Waals surface area (Å²) in [4.78, 5) is 14.1. The molecular formula is C13H20OS. The summed E-state index contributed by atoms with van der Waals surface area (Å²) in [6, 6.07) is 2.03. The topological polar surface area (TPSA) is 17.1 Å². The molecule has 0 aromatic carbocycles. The summed E-state index contributed by atoms with van der Waals surface area (Å²) < 4.78 is 0. The fraction of sp³-hybridized carbons (Fsp3) is 0.615. The fourth-order valence-electron chi connectivity index (χ4n) is 1.72. The van der Waals surface area contributed by atoms with Crippen LogP contribution in [-0.4, -0.2) is 5.78 Å². The number of carbonyl (C=O) groups excluding carboxylic acids is 1. The minimum atomic E-state index is 0.317. The molecule has 1 rings (SSSR count). The van der Waals surface area contributed by atoms with Crippen LogP contribution in [0.25, 0.3) is 0 Å². The van der Waals surface area contributed by atoms with E-state index in [-0.39, 0.29) is 0 Å². The second-order valence-electron chi connectivity index (χ2n) is 4.37. The summed E-state index contributed by atoms with van der Waals surface area (Å²) >= 11 is 1.63. The van der Waals surface area contributed by atoms with Crippen molar-refractivity contribution in [3.05, 3.63) is 21.4 Å². The van der Waals surface area contributed by atoms with Gasteiger partial charge in [0.2, 0.25) is 0 Å². The summed E-state index contributed by atoms with van der Waals surface area (Å²) in [5, 5.41) is 0.